The Kier molecular flexibility index (Phi) is 6.91. The van der Waals surface area contributed by atoms with E-state index in [1.807, 2.05) is 0 Å². The Balaban J connectivity index is 1.66. The lowest BCUT2D eigenvalue weighted by Gasteiger charge is -2.21. The van der Waals surface area contributed by atoms with Crippen molar-refractivity contribution in [1.82, 2.24) is 24.7 Å². The molecule has 13 nitrogen and oxygen atoms in total. The van der Waals surface area contributed by atoms with E-state index in [0.29, 0.717) is 11.5 Å². The second kappa shape index (κ2) is 10.5. The van der Waals surface area contributed by atoms with Gasteiger partial charge in [0.25, 0.3) is 0 Å². The van der Waals surface area contributed by atoms with Gasteiger partial charge < -0.3 is 35.7 Å². The fourth-order valence-corrected chi connectivity index (χ4v) is 4.65. The number of hydrogen-bond donors (Lipinski definition) is 6. The number of ether oxygens (including phenoxy) is 2. The van der Waals surface area contributed by atoms with Gasteiger partial charge in [0.15, 0.2) is 28.1 Å². The number of aromatic nitrogens is 5. The van der Waals surface area contributed by atoms with Crippen molar-refractivity contribution in [1.29, 1.82) is 0 Å². The van der Waals surface area contributed by atoms with Gasteiger partial charge >= 0.3 is 11.7 Å². The smallest absolute Gasteiger partial charge is 0.349 e. The number of nitrogen functional groups attached to an aromatic ring is 1. The largest absolute Gasteiger partial charge is 0.497 e. The topological polar surface area (TPSA) is 193 Å². The van der Waals surface area contributed by atoms with Gasteiger partial charge in [-0.3, -0.25) is 4.98 Å². The maximum atomic E-state index is 15.8. The third kappa shape index (κ3) is 4.87. The molecule has 3 aromatic heterocycles. The number of nitrogens with zero attached hydrogens (tertiary/aromatic N) is 3. The van der Waals surface area contributed by atoms with Gasteiger partial charge in [-0.15, -0.1) is 16.4 Å². The minimum Gasteiger partial charge on any atom is -0.497 e. The summed E-state index contributed by atoms with van der Waals surface area (Å²) in [5.41, 5.74) is 6.97. The average Bonchev–Trinajstić information content (AvgIpc) is 3.65. The molecule has 0 bridgehead atoms. The Bertz CT molecular complexity index is 1730. The molecule has 0 radical (unpaired) electrons. The molecule has 0 aliphatic rings. The predicted octanol–water partition coefficient (Wildman–Crippen LogP) is 2.50. The van der Waals surface area contributed by atoms with Gasteiger partial charge in [-0.2, -0.15) is 4.68 Å². The number of carboxylic acid groups (broad SMARTS) is 1. The van der Waals surface area contributed by atoms with Crippen molar-refractivity contribution >= 4 is 39.6 Å². The van der Waals surface area contributed by atoms with Crippen molar-refractivity contribution in [3.05, 3.63) is 74.6 Å². The Morgan fingerprint density at radius 2 is 2.15 bits per heavy atom. The maximum absolute atomic E-state index is 15.8. The summed E-state index contributed by atoms with van der Waals surface area (Å²) in [5, 5.41) is 27.7. The monoisotopic (exact) mass is 555 g/mol. The lowest BCUT2D eigenvalue weighted by molar-refractivity contribution is 0.0701. The molecule has 7 N–H and O–H groups in total. The van der Waals surface area contributed by atoms with E-state index < -0.39 is 23.5 Å². The fourth-order valence-electron chi connectivity index (χ4n) is 4.04. The molecule has 0 saturated heterocycles. The first kappa shape index (κ1) is 25.7. The highest BCUT2D eigenvalue weighted by atomic mass is 32.1. The highest BCUT2D eigenvalue weighted by molar-refractivity contribution is 7.12. The second-order valence-electron chi connectivity index (χ2n) is 8.22. The average molecular weight is 556 g/mol. The number of carboxylic acids is 1. The molecule has 1 atom stereocenters. The van der Waals surface area contributed by atoms with Crippen LogP contribution in [0.25, 0.3) is 16.6 Å². The van der Waals surface area contributed by atoms with E-state index in [4.69, 9.17) is 20.3 Å². The number of thiazole rings is 1. The maximum Gasteiger partial charge on any atom is 0.349 e. The molecule has 0 amide bonds. The highest BCUT2D eigenvalue weighted by Gasteiger charge is 2.28. The minimum atomic E-state index is -1.28. The van der Waals surface area contributed by atoms with Crippen LogP contribution in [0.3, 0.4) is 0 Å². The van der Waals surface area contributed by atoms with E-state index in [0.717, 1.165) is 26.8 Å². The van der Waals surface area contributed by atoms with Gasteiger partial charge in [-0.05, 0) is 24.3 Å². The zero-order valence-electron chi connectivity index (χ0n) is 20.3. The van der Waals surface area contributed by atoms with Crippen LogP contribution in [0.1, 0.15) is 27.1 Å². The van der Waals surface area contributed by atoms with Crippen molar-refractivity contribution in [3.63, 3.8) is 0 Å². The van der Waals surface area contributed by atoms with Crippen molar-refractivity contribution in [2.24, 2.45) is 0 Å². The van der Waals surface area contributed by atoms with E-state index in [-0.39, 0.29) is 46.8 Å². The van der Waals surface area contributed by atoms with Crippen LogP contribution in [0.15, 0.2) is 46.8 Å². The number of H-pyrrole nitrogens is 2. The summed E-state index contributed by atoms with van der Waals surface area (Å²) in [4.78, 5) is 33.8. The van der Waals surface area contributed by atoms with E-state index in [1.165, 1.54) is 24.8 Å². The number of aromatic amines is 2. The summed E-state index contributed by atoms with van der Waals surface area (Å²) in [5.74, 6) is -1.74. The van der Waals surface area contributed by atoms with E-state index >= 15 is 4.39 Å². The quantitative estimate of drug-likeness (QED) is 0.149. The lowest BCUT2D eigenvalue weighted by atomic mass is 10.0. The number of nitrogens with two attached hydrogens (primary N) is 1. The number of benzene rings is 2. The van der Waals surface area contributed by atoms with Crippen LogP contribution in [0.5, 0.6) is 11.5 Å². The predicted molar refractivity (Wildman–Crippen MR) is 141 cm³/mol. The molecule has 5 aromatic rings. The third-order valence-corrected chi connectivity index (χ3v) is 6.63. The van der Waals surface area contributed by atoms with Crippen molar-refractivity contribution in [2.75, 3.05) is 31.4 Å². The molecular weight excluding hydrogens is 533 g/mol. The first-order valence-corrected chi connectivity index (χ1v) is 12.3. The highest BCUT2D eigenvalue weighted by Crippen LogP contribution is 2.35. The summed E-state index contributed by atoms with van der Waals surface area (Å²) in [6, 6.07) is 6.89. The van der Waals surface area contributed by atoms with Gasteiger partial charge in [0.05, 0.1) is 19.2 Å². The van der Waals surface area contributed by atoms with Gasteiger partial charge in [-0.25, -0.2) is 19.0 Å². The molecule has 5 rings (SSSR count). The molecule has 0 aliphatic carbocycles. The number of halogens is 1. The number of nitrogens with one attached hydrogen (secondary N) is 3. The standard InChI is InChI=1S/C24H22FN7O6S/c1-37-13-7-15(17(25)16(8-13)38-5-4-33)18(29-12-2-3-14-11(6-12)9-27-20(14)26)21-30-24(36)32(31-21)22-19(23(34)35)39-10-28-22/h2-3,6-10,18,27,29,33H,4-5,26H2,1H3,(H,34,35)(H,30,31,36). The first-order valence-electron chi connectivity index (χ1n) is 11.4. The first-order chi connectivity index (χ1) is 18.8. The van der Waals surface area contributed by atoms with Gasteiger partial charge in [0.1, 0.15) is 24.2 Å². The summed E-state index contributed by atoms with van der Waals surface area (Å²) in [6.07, 6.45) is 1.71. The fraction of sp³-hybridized carbons (Fsp3) is 0.167. The molecular formula is C24H22FN7O6S. The van der Waals surface area contributed by atoms with Crippen molar-refractivity contribution < 1.29 is 28.9 Å². The van der Waals surface area contributed by atoms with Crippen LogP contribution in [0.4, 0.5) is 15.9 Å². The summed E-state index contributed by atoms with van der Waals surface area (Å²) in [6.45, 7) is -0.509. The third-order valence-electron chi connectivity index (χ3n) is 5.82. The number of rotatable bonds is 10. The van der Waals surface area contributed by atoms with E-state index in [1.54, 1.807) is 24.4 Å². The van der Waals surface area contributed by atoms with Crippen LogP contribution in [-0.4, -0.2) is 61.2 Å². The number of carbonyl (C=O) groups is 1. The Morgan fingerprint density at radius 3 is 2.90 bits per heavy atom. The van der Waals surface area contributed by atoms with Gasteiger partial charge in [0.2, 0.25) is 0 Å². The van der Waals surface area contributed by atoms with E-state index in [9.17, 15) is 14.7 Å². The Hall–Kier alpha value is -4.89. The Labute approximate surface area is 222 Å². The molecule has 0 spiro atoms. The molecule has 15 heteroatoms. The zero-order chi connectivity index (χ0) is 27.7. The van der Waals surface area contributed by atoms with Crippen molar-refractivity contribution in [2.45, 2.75) is 6.04 Å². The summed E-state index contributed by atoms with van der Waals surface area (Å²) < 4.78 is 27.3. The number of fused-ring (bicyclic) bond motifs is 1. The number of anilines is 2. The van der Waals surface area contributed by atoms with E-state index in [2.05, 4.69) is 25.4 Å². The van der Waals surface area contributed by atoms with Gasteiger partial charge in [0, 0.05) is 34.3 Å². The molecule has 39 heavy (non-hydrogen) atoms. The molecule has 1 unspecified atom stereocenters. The molecule has 0 saturated carbocycles. The van der Waals surface area contributed by atoms with Crippen LogP contribution >= 0.6 is 11.3 Å². The number of hydrogen-bond acceptors (Lipinski definition) is 10. The number of methoxy groups -OCH3 is 1. The summed E-state index contributed by atoms with van der Waals surface area (Å²) in [7, 11) is 1.39. The zero-order valence-corrected chi connectivity index (χ0v) is 21.1. The molecule has 3 heterocycles. The molecule has 2 aromatic carbocycles. The minimum absolute atomic E-state index is 0.00592. The van der Waals surface area contributed by atoms with Crippen LogP contribution in [-0.2, 0) is 0 Å². The number of aromatic carboxylic acids is 1. The van der Waals surface area contributed by atoms with Crippen LogP contribution in [0.2, 0.25) is 0 Å². The SMILES string of the molecule is COc1cc(OCCO)c(F)c(C(Nc2ccc3c(N)[nH]cc3c2)c2nn(-c3ncsc3C(=O)O)c(=O)[nH]2)c1. The summed E-state index contributed by atoms with van der Waals surface area (Å²) >= 11 is 0.831. The lowest BCUT2D eigenvalue weighted by Crippen LogP contribution is -2.18. The number of aliphatic hydroxyl groups is 1. The van der Waals surface area contributed by atoms with Gasteiger partial charge in [-0.1, -0.05) is 0 Å². The molecule has 202 valence electrons. The van der Waals surface area contributed by atoms with Crippen LogP contribution in [0, 0.1) is 5.82 Å². The normalized spacial score (nSPS) is 12.0. The molecule has 0 fully saturated rings. The molecule has 0 aliphatic heterocycles. The van der Waals surface area contributed by atoms with Crippen molar-refractivity contribution in [3.8, 4) is 17.3 Å². The Morgan fingerprint density at radius 1 is 1.33 bits per heavy atom. The second-order valence-corrected chi connectivity index (χ2v) is 9.07. The van der Waals surface area contributed by atoms with Crippen LogP contribution < -0.4 is 26.2 Å². The number of aliphatic hydroxyl groups excluding tert-OH is 1.